The first-order chi connectivity index (χ1) is 20.0. The predicted octanol–water partition coefficient (Wildman–Crippen LogP) is 2.35. The van der Waals surface area contributed by atoms with Gasteiger partial charge in [-0.3, -0.25) is 14.4 Å². The van der Waals surface area contributed by atoms with E-state index in [-0.39, 0.29) is 34.9 Å². The summed E-state index contributed by atoms with van der Waals surface area (Å²) in [6, 6.07) is 12.5. The van der Waals surface area contributed by atoms with E-state index in [4.69, 9.17) is 0 Å². The van der Waals surface area contributed by atoms with Gasteiger partial charge in [0.05, 0.1) is 23.1 Å². The Kier molecular flexibility index (Phi) is 10.7. The zero-order chi connectivity index (χ0) is 30.3. The van der Waals surface area contributed by atoms with E-state index in [0.717, 1.165) is 37.5 Å². The fourth-order valence-electron chi connectivity index (χ4n) is 5.51. The van der Waals surface area contributed by atoms with Crippen molar-refractivity contribution in [3.05, 3.63) is 59.7 Å². The number of benzene rings is 2. The van der Waals surface area contributed by atoms with Gasteiger partial charge in [0.1, 0.15) is 0 Å². The van der Waals surface area contributed by atoms with Gasteiger partial charge in [0.25, 0.3) is 5.91 Å². The van der Waals surface area contributed by atoms with Gasteiger partial charge < -0.3 is 26.0 Å². The van der Waals surface area contributed by atoms with E-state index in [2.05, 4.69) is 16.0 Å². The second-order valence-electron chi connectivity index (χ2n) is 11.4. The third kappa shape index (κ3) is 8.62. The fourth-order valence-corrected chi connectivity index (χ4v) is 6.19. The number of hydrogen-bond acceptors (Lipinski definition) is 7. The van der Waals surface area contributed by atoms with Crippen LogP contribution in [0.1, 0.15) is 67.8 Å². The van der Waals surface area contributed by atoms with Gasteiger partial charge in [-0.25, -0.2) is 8.42 Å². The molecule has 11 heteroatoms. The van der Waals surface area contributed by atoms with Crippen molar-refractivity contribution < 1.29 is 27.9 Å². The number of carbonyl (C=O) groups excluding carboxylic acids is 3. The van der Waals surface area contributed by atoms with E-state index in [9.17, 15) is 27.9 Å². The summed E-state index contributed by atoms with van der Waals surface area (Å²) in [6.45, 7) is 2.24. The summed E-state index contributed by atoms with van der Waals surface area (Å²) in [5.74, 6) is -0.826. The highest BCUT2D eigenvalue weighted by Gasteiger charge is 2.28. The van der Waals surface area contributed by atoms with Crippen molar-refractivity contribution in [1.82, 2.24) is 16.0 Å². The Morgan fingerprint density at radius 3 is 2.40 bits per heavy atom. The van der Waals surface area contributed by atoms with Gasteiger partial charge in [0.2, 0.25) is 11.8 Å². The molecule has 3 atom stereocenters. The van der Waals surface area contributed by atoms with E-state index in [1.165, 1.54) is 29.5 Å². The summed E-state index contributed by atoms with van der Waals surface area (Å²) >= 11 is 0. The molecule has 0 spiro atoms. The second kappa shape index (κ2) is 14.3. The summed E-state index contributed by atoms with van der Waals surface area (Å²) in [7, 11) is -3.67. The summed E-state index contributed by atoms with van der Waals surface area (Å²) in [5, 5.41) is 20.3. The van der Waals surface area contributed by atoms with Crippen molar-refractivity contribution in [1.29, 1.82) is 0 Å². The van der Waals surface area contributed by atoms with Gasteiger partial charge in [-0.05, 0) is 56.4 Å². The average molecular weight is 599 g/mol. The van der Waals surface area contributed by atoms with Crippen molar-refractivity contribution in [2.45, 2.75) is 87.4 Å². The number of nitrogens with zero attached hydrogens (tertiary/aromatic N) is 1. The SMILES string of the molecule is C[C@H](NC[C@H](O)[C@H](Cc1ccccc1)NC(=O)c1cc(N2CCCC2=O)cc(S(C)(=O)=O)c1)C(=O)NC1CCCCC1. The molecule has 1 saturated heterocycles. The summed E-state index contributed by atoms with van der Waals surface area (Å²) < 4.78 is 24.9. The van der Waals surface area contributed by atoms with Crippen LogP contribution in [0.15, 0.2) is 53.4 Å². The number of rotatable bonds is 12. The van der Waals surface area contributed by atoms with E-state index in [1.807, 2.05) is 30.3 Å². The number of anilines is 1. The number of hydrogen-bond donors (Lipinski definition) is 4. The predicted molar refractivity (Wildman–Crippen MR) is 161 cm³/mol. The van der Waals surface area contributed by atoms with Crippen LogP contribution in [-0.2, 0) is 25.8 Å². The Morgan fingerprint density at radius 1 is 1.05 bits per heavy atom. The molecule has 0 unspecified atom stereocenters. The summed E-state index contributed by atoms with van der Waals surface area (Å²) in [6.07, 6.45) is 6.67. The average Bonchev–Trinajstić information content (AvgIpc) is 3.41. The monoisotopic (exact) mass is 598 g/mol. The van der Waals surface area contributed by atoms with E-state index < -0.39 is 33.9 Å². The number of aliphatic hydroxyl groups excluding tert-OH is 1. The topological polar surface area (TPSA) is 145 Å². The zero-order valence-corrected chi connectivity index (χ0v) is 25.2. The second-order valence-corrected chi connectivity index (χ2v) is 13.5. The third-order valence-electron chi connectivity index (χ3n) is 8.02. The Morgan fingerprint density at radius 2 is 1.76 bits per heavy atom. The molecule has 2 aromatic carbocycles. The lowest BCUT2D eigenvalue weighted by atomic mass is 9.95. The lowest BCUT2D eigenvalue weighted by Gasteiger charge is -2.28. The first kappa shape index (κ1) is 31.7. The molecule has 4 N–H and O–H groups in total. The Bertz CT molecular complexity index is 1360. The number of amides is 3. The Balaban J connectivity index is 1.49. The van der Waals surface area contributed by atoms with Crippen LogP contribution >= 0.6 is 0 Å². The standard InChI is InChI=1S/C31H42N4O6S/c1-21(30(38)33-24-12-7-4-8-13-24)32-20-28(36)27(16-22-10-5-3-6-11-22)34-31(39)23-17-25(35-15-9-14-29(35)37)19-26(18-23)42(2,40)41/h3,5-6,10-11,17-19,21,24,27-28,32,36H,4,7-9,12-16,20H2,1-2H3,(H,33,38)(H,34,39)/t21-,27-,28-/m0/s1. The van der Waals surface area contributed by atoms with Gasteiger partial charge in [-0.2, -0.15) is 0 Å². The Labute approximate surface area is 248 Å². The molecule has 2 aromatic rings. The minimum absolute atomic E-state index is 0.0495. The van der Waals surface area contributed by atoms with E-state index in [1.54, 1.807) is 6.92 Å². The van der Waals surface area contributed by atoms with Gasteiger partial charge >= 0.3 is 0 Å². The Hall–Kier alpha value is -3.28. The van der Waals surface area contributed by atoms with Crippen molar-refractivity contribution in [3.8, 4) is 0 Å². The lowest BCUT2D eigenvalue weighted by Crippen LogP contribution is -2.53. The molecular weight excluding hydrogens is 556 g/mol. The third-order valence-corrected chi connectivity index (χ3v) is 9.12. The molecule has 1 heterocycles. The number of nitrogens with one attached hydrogen (secondary N) is 3. The molecule has 4 rings (SSSR count). The summed E-state index contributed by atoms with van der Waals surface area (Å²) in [4.78, 5) is 40.1. The minimum Gasteiger partial charge on any atom is -0.390 e. The molecule has 228 valence electrons. The summed E-state index contributed by atoms with van der Waals surface area (Å²) in [5.41, 5.74) is 1.31. The zero-order valence-electron chi connectivity index (χ0n) is 24.3. The quantitative estimate of drug-likeness (QED) is 0.294. The number of carbonyl (C=O) groups is 3. The van der Waals surface area contributed by atoms with Crippen LogP contribution in [0.3, 0.4) is 0 Å². The first-order valence-electron chi connectivity index (χ1n) is 14.7. The normalized spacial score (nSPS) is 18.4. The van der Waals surface area contributed by atoms with E-state index in [0.29, 0.717) is 31.5 Å². The lowest BCUT2D eigenvalue weighted by molar-refractivity contribution is -0.123. The highest BCUT2D eigenvalue weighted by atomic mass is 32.2. The van der Waals surface area contributed by atoms with Gasteiger partial charge in [-0.15, -0.1) is 0 Å². The molecule has 1 saturated carbocycles. The number of aliphatic hydroxyl groups is 1. The molecule has 0 aromatic heterocycles. The van der Waals surface area contributed by atoms with Crippen LogP contribution in [0, 0.1) is 0 Å². The molecule has 1 aliphatic heterocycles. The maximum atomic E-state index is 13.5. The van der Waals surface area contributed by atoms with Crippen LogP contribution in [-0.4, -0.2) is 74.8 Å². The van der Waals surface area contributed by atoms with Crippen molar-refractivity contribution in [2.75, 3.05) is 24.2 Å². The molecule has 10 nitrogen and oxygen atoms in total. The first-order valence-corrected chi connectivity index (χ1v) is 16.6. The molecular formula is C31H42N4O6S. The van der Waals surface area contributed by atoms with Crippen LogP contribution in [0.4, 0.5) is 5.69 Å². The molecule has 0 radical (unpaired) electrons. The van der Waals surface area contributed by atoms with Gasteiger partial charge in [0.15, 0.2) is 9.84 Å². The molecule has 1 aliphatic carbocycles. The highest BCUT2D eigenvalue weighted by molar-refractivity contribution is 7.90. The molecule has 0 bridgehead atoms. The number of sulfone groups is 1. The van der Waals surface area contributed by atoms with Crippen molar-refractivity contribution in [3.63, 3.8) is 0 Å². The van der Waals surface area contributed by atoms with Crippen molar-refractivity contribution in [2.24, 2.45) is 0 Å². The molecule has 2 fully saturated rings. The largest absolute Gasteiger partial charge is 0.390 e. The smallest absolute Gasteiger partial charge is 0.251 e. The van der Waals surface area contributed by atoms with Crippen LogP contribution in [0.25, 0.3) is 0 Å². The molecule has 2 aliphatic rings. The van der Waals surface area contributed by atoms with Crippen LogP contribution in [0.5, 0.6) is 0 Å². The van der Waals surface area contributed by atoms with Crippen molar-refractivity contribution >= 4 is 33.2 Å². The molecule has 42 heavy (non-hydrogen) atoms. The maximum absolute atomic E-state index is 13.5. The fraction of sp³-hybridized carbons (Fsp3) is 0.516. The maximum Gasteiger partial charge on any atom is 0.251 e. The van der Waals surface area contributed by atoms with Gasteiger partial charge in [-0.1, -0.05) is 49.6 Å². The van der Waals surface area contributed by atoms with E-state index >= 15 is 0 Å². The van der Waals surface area contributed by atoms with Crippen LogP contribution < -0.4 is 20.9 Å². The minimum atomic E-state index is -3.67. The molecule has 3 amide bonds. The van der Waals surface area contributed by atoms with Gasteiger partial charge in [0, 0.05) is 43.1 Å². The highest BCUT2D eigenvalue weighted by Crippen LogP contribution is 2.26. The van der Waals surface area contributed by atoms with Crippen LogP contribution in [0.2, 0.25) is 0 Å².